The zero-order chi connectivity index (χ0) is 15.2. The van der Waals surface area contributed by atoms with Crippen molar-refractivity contribution in [2.24, 2.45) is 5.10 Å². The van der Waals surface area contributed by atoms with Gasteiger partial charge in [0, 0.05) is 11.1 Å². The standard InChI is InChI=1S/C17H18N2O2/c1-3-15(14-10-6-7-11-16(14)20)18-19-17(21)13-9-5-4-8-12(13)2/h4-11,20H,3H2,1-2H3,(H,19,21). The summed E-state index contributed by atoms with van der Waals surface area (Å²) in [5, 5.41) is 14.0. The van der Waals surface area contributed by atoms with Crippen LogP contribution < -0.4 is 5.43 Å². The van der Waals surface area contributed by atoms with Crippen LogP contribution in [0.2, 0.25) is 0 Å². The molecule has 0 aliphatic carbocycles. The first-order valence-corrected chi connectivity index (χ1v) is 6.84. The Balaban J connectivity index is 2.21. The molecule has 0 unspecified atom stereocenters. The average molecular weight is 282 g/mol. The number of amides is 1. The molecule has 0 aromatic heterocycles. The van der Waals surface area contributed by atoms with Crippen LogP contribution in [-0.2, 0) is 0 Å². The van der Waals surface area contributed by atoms with E-state index in [0.717, 1.165) is 5.56 Å². The number of hydrogen-bond acceptors (Lipinski definition) is 3. The lowest BCUT2D eigenvalue weighted by molar-refractivity contribution is 0.0954. The quantitative estimate of drug-likeness (QED) is 0.668. The Morgan fingerprint density at radius 2 is 1.71 bits per heavy atom. The van der Waals surface area contributed by atoms with E-state index in [2.05, 4.69) is 10.5 Å². The van der Waals surface area contributed by atoms with E-state index < -0.39 is 0 Å². The molecule has 0 aliphatic rings. The highest BCUT2D eigenvalue weighted by Crippen LogP contribution is 2.18. The molecule has 0 fully saturated rings. The number of aromatic hydroxyl groups is 1. The minimum atomic E-state index is -0.255. The highest BCUT2D eigenvalue weighted by molar-refractivity contribution is 6.04. The van der Waals surface area contributed by atoms with Crippen LogP contribution in [0, 0.1) is 6.92 Å². The predicted octanol–water partition coefficient (Wildman–Crippen LogP) is 3.24. The summed E-state index contributed by atoms with van der Waals surface area (Å²) in [5.74, 6) is -0.0993. The Morgan fingerprint density at radius 1 is 1.10 bits per heavy atom. The lowest BCUT2D eigenvalue weighted by Crippen LogP contribution is -2.20. The number of phenolic OH excluding ortho intramolecular Hbond substituents is 1. The van der Waals surface area contributed by atoms with Crippen LogP contribution in [0.4, 0.5) is 0 Å². The average Bonchev–Trinajstić information content (AvgIpc) is 2.49. The summed E-state index contributed by atoms with van der Waals surface area (Å²) in [6, 6.07) is 14.3. The number of nitrogens with zero attached hydrogens (tertiary/aromatic N) is 1. The monoisotopic (exact) mass is 282 g/mol. The largest absolute Gasteiger partial charge is 0.507 e. The van der Waals surface area contributed by atoms with Crippen LogP contribution >= 0.6 is 0 Å². The Labute approximate surface area is 124 Å². The number of carbonyl (C=O) groups is 1. The number of rotatable bonds is 4. The first-order valence-electron chi connectivity index (χ1n) is 6.84. The Hall–Kier alpha value is -2.62. The van der Waals surface area contributed by atoms with Crippen LogP contribution in [0.3, 0.4) is 0 Å². The Bertz CT molecular complexity index is 678. The third-order valence-corrected chi connectivity index (χ3v) is 3.23. The number of phenols is 1. The molecule has 0 saturated carbocycles. The smallest absolute Gasteiger partial charge is 0.271 e. The van der Waals surface area contributed by atoms with E-state index in [1.54, 1.807) is 24.3 Å². The second-order valence-corrected chi connectivity index (χ2v) is 4.69. The summed E-state index contributed by atoms with van der Waals surface area (Å²) < 4.78 is 0. The zero-order valence-electron chi connectivity index (χ0n) is 12.1. The molecule has 0 spiro atoms. The summed E-state index contributed by atoms with van der Waals surface area (Å²) in [6.45, 7) is 3.80. The van der Waals surface area contributed by atoms with E-state index in [9.17, 15) is 9.90 Å². The van der Waals surface area contributed by atoms with Crippen molar-refractivity contribution in [2.75, 3.05) is 0 Å². The molecular weight excluding hydrogens is 264 g/mol. The summed E-state index contributed by atoms with van der Waals surface area (Å²) >= 11 is 0. The maximum Gasteiger partial charge on any atom is 0.271 e. The first kappa shape index (κ1) is 14.8. The molecule has 0 radical (unpaired) electrons. The van der Waals surface area contributed by atoms with Gasteiger partial charge in [0.2, 0.25) is 0 Å². The number of carbonyl (C=O) groups excluding carboxylic acids is 1. The molecule has 21 heavy (non-hydrogen) atoms. The van der Waals surface area contributed by atoms with Crippen molar-refractivity contribution < 1.29 is 9.90 Å². The molecule has 108 valence electrons. The molecule has 2 rings (SSSR count). The van der Waals surface area contributed by atoms with Gasteiger partial charge >= 0.3 is 0 Å². The SMILES string of the molecule is CCC(=NNC(=O)c1ccccc1C)c1ccccc1O. The highest BCUT2D eigenvalue weighted by Gasteiger charge is 2.10. The van der Waals surface area contributed by atoms with E-state index in [-0.39, 0.29) is 11.7 Å². The van der Waals surface area contributed by atoms with Crippen LogP contribution in [0.1, 0.15) is 34.8 Å². The van der Waals surface area contributed by atoms with E-state index in [1.165, 1.54) is 0 Å². The van der Waals surface area contributed by atoms with Crippen LogP contribution in [0.5, 0.6) is 5.75 Å². The number of nitrogens with one attached hydrogen (secondary N) is 1. The van der Waals surface area contributed by atoms with Gasteiger partial charge in [0.05, 0.1) is 5.71 Å². The molecule has 0 heterocycles. The van der Waals surface area contributed by atoms with Gasteiger partial charge in [-0.05, 0) is 37.1 Å². The fourth-order valence-corrected chi connectivity index (χ4v) is 2.05. The van der Waals surface area contributed by atoms with Gasteiger partial charge < -0.3 is 5.11 Å². The molecule has 4 nitrogen and oxygen atoms in total. The lowest BCUT2D eigenvalue weighted by atomic mass is 10.1. The van der Waals surface area contributed by atoms with Gasteiger partial charge in [0.1, 0.15) is 5.75 Å². The summed E-state index contributed by atoms with van der Waals surface area (Å²) in [6.07, 6.45) is 0.603. The van der Waals surface area contributed by atoms with Crippen molar-refractivity contribution in [3.05, 3.63) is 65.2 Å². The minimum Gasteiger partial charge on any atom is -0.507 e. The zero-order valence-corrected chi connectivity index (χ0v) is 12.1. The number of hydrazone groups is 1. The topological polar surface area (TPSA) is 61.7 Å². The van der Waals surface area contributed by atoms with Crippen LogP contribution in [-0.4, -0.2) is 16.7 Å². The molecule has 4 heteroatoms. The molecule has 0 aliphatic heterocycles. The number of hydrogen-bond donors (Lipinski definition) is 2. The lowest BCUT2D eigenvalue weighted by Gasteiger charge is -2.08. The van der Waals surface area contributed by atoms with E-state index in [1.807, 2.05) is 38.1 Å². The number of para-hydroxylation sites is 1. The molecular formula is C17H18N2O2. The maximum atomic E-state index is 12.1. The van der Waals surface area contributed by atoms with Gasteiger partial charge in [-0.2, -0.15) is 5.10 Å². The molecule has 1 amide bonds. The summed E-state index contributed by atoms with van der Waals surface area (Å²) in [5.41, 5.74) is 5.30. The van der Waals surface area contributed by atoms with Gasteiger partial charge in [0.15, 0.2) is 0 Å². The third-order valence-electron chi connectivity index (χ3n) is 3.23. The van der Waals surface area contributed by atoms with Crippen molar-refractivity contribution in [3.63, 3.8) is 0 Å². The van der Waals surface area contributed by atoms with Gasteiger partial charge in [-0.25, -0.2) is 5.43 Å². The fraction of sp³-hybridized carbons (Fsp3) is 0.176. The van der Waals surface area contributed by atoms with Gasteiger partial charge in [-0.15, -0.1) is 0 Å². The maximum absolute atomic E-state index is 12.1. The molecule has 2 aromatic carbocycles. The molecule has 0 saturated heterocycles. The summed E-state index contributed by atoms with van der Waals surface area (Å²) in [4.78, 5) is 12.1. The van der Waals surface area contributed by atoms with Crippen molar-refractivity contribution in [2.45, 2.75) is 20.3 Å². The van der Waals surface area contributed by atoms with Crippen molar-refractivity contribution in [1.29, 1.82) is 0 Å². The molecule has 2 aromatic rings. The van der Waals surface area contributed by atoms with Crippen molar-refractivity contribution in [3.8, 4) is 5.75 Å². The molecule has 0 atom stereocenters. The summed E-state index contributed by atoms with van der Waals surface area (Å²) in [7, 11) is 0. The van der Waals surface area contributed by atoms with Gasteiger partial charge in [-0.1, -0.05) is 37.3 Å². The molecule has 0 bridgehead atoms. The fourth-order valence-electron chi connectivity index (χ4n) is 2.05. The van der Waals surface area contributed by atoms with E-state index >= 15 is 0 Å². The first-order chi connectivity index (χ1) is 10.1. The van der Waals surface area contributed by atoms with E-state index in [0.29, 0.717) is 23.3 Å². The van der Waals surface area contributed by atoms with Gasteiger partial charge in [0.25, 0.3) is 5.91 Å². The second-order valence-electron chi connectivity index (χ2n) is 4.69. The third kappa shape index (κ3) is 3.48. The predicted molar refractivity (Wildman–Crippen MR) is 83.6 cm³/mol. The van der Waals surface area contributed by atoms with Crippen molar-refractivity contribution in [1.82, 2.24) is 5.43 Å². The van der Waals surface area contributed by atoms with E-state index in [4.69, 9.17) is 0 Å². The Kier molecular flexibility index (Phi) is 4.72. The second kappa shape index (κ2) is 6.70. The highest BCUT2D eigenvalue weighted by atomic mass is 16.3. The minimum absolute atomic E-state index is 0.156. The normalized spacial score (nSPS) is 11.2. The van der Waals surface area contributed by atoms with Crippen LogP contribution in [0.25, 0.3) is 0 Å². The van der Waals surface area contributed by atoms with Gasteiger partial charge in [-0.3, -0.25) is 4.79 Å². The molecule has 2 N–H and O–H groups in total. The van der Waals surface area contributed by atoms with Crippen LogP contribution in [0.15, 0.2) is 53.6 Å². The number of aryl methyl sites for hydroxylation is 1. The number of benzene rings is 2. The van der Waals surface area contributed by atoms with Crippen molar-refractivity contribution >= 4 is 11.6 Å². The Morgan fingerprint density at radius 3 is 2.33 bits per heavy atom.